The normalized spacial score (nSPS) is 16.8. The van der Waals surface area contributed by atoms with Crippen LogP contribution in [0.3, 0.4) is 0 Å². The summed E-state index contributed by atoms with van der Waals surface area (Å²) < 4.78 is 4.86. The van der Waals surface area contributed by atoms with Crippen molar-refractivity contribution < 1.29 is 19.1 Å². The fourth-order valence-electron chi connectivity index (χ4n) is 3.58. The smallest absolute Gasteiger partial charge is 0.328 e. The van der Waals surface area contributed by atoms with E-state index in [4.69, 9.17) is 4.74 Å². The van der Waals surface area contributed by atoms with Gasteiger partial charge in [-0.3, -0.25) is 9.59 Å². The van der Waals surface area contributed by atoms with E-state index in [-0.39, 0.29) is 36.6 Å². The molecule has 27 heavy (non-hydrogen) atoms. The van der Waals surface area contributed by atoms with E-state index >= 15 is 0 Å². The number of nitrogens with one attached hydrogen (secondary N) is 2. The van der Waals surface area contributed by atoms with Gasteiger partial charge in [0.25, 0.3) is 0 Å². The van der Waals surface area contributed by atoms with Crippen molar-refractivity contribution in [1.29, 1.82) is 0 Å². The summed E-state index contributed by atoms with van der Waals surface area (Å²) >= 11 is 0. The molecule has 6 nitrogen and oxygen atoms in total. The van der Waals surface area contributed by atoms with Crippen LogP contribution < -0.4 is 10.6 Å². The fourth-order valence-corrected chi connectivity index (χ4v) is 3.58. The number of amides is 2. The van der Waals surface area contributed by atoms with Crippen LogP contribution in [0.5, 0.6) is 0 Å². The Bertz CT molecular complexity index is 626. The molecule has 1 saturated carbocycles. The van der Waals surface area contributed by atoms with Gasteiger partial charge < -0.3 is 15.4 Å². The molecule has 2 rings (SSSR count). The molecule has 0 radical (unpaired) electrons. The van der Waals surface area contributed by atoms with Crippen molar-refractivity contribution in [1.82, 2.24) is 10.6 Å². The predicted molar refractivity (Wildman–Crippen MR) is 103 cm³/mol. The second-order valence-corrected chi connectivity index (χ2v) is 7.17. The molecule has 2 N–H and O–H groups in total. The second kappa shape index (κ2) is 10.7. The SMILES string of the molecule is COC(=O)[C@@H](NC(=O)CCC(=O)N[C@H](C)c1ccccc1)C1CCCCC1. The van der Waals surface area contributed by atoms with E-state index < -0.39 is 12.0 Å². The molecule has 0 saturated heterocycles. The highest BCUT2D eigenvalue weighted by Gasteiger charge is 2.31. The zero-order valence-electron chi connectivity index (χ0n) is 16.2. The standard InChI is InChI=1S/C21H30N2O4/c1-15(16-9-5-3-6-10-16)22-18(24)13-14-19(25)23-20(21(26)27-2)17-11-7-4-8-12-17/h3,5-6,9-10,15,17,20H,4,7-8,11-14H2,1-2H3,(H,22,24)(H,23,25)/t15-,20+/m1/s1. The van der Waals surface area contributed by atoms with Gasteiger partial charge in [-0.2, -0.15) is 0 Å². The maximum atomic E-state index is 12.3. The first kappa shape index (κ1) is 20.9. The number of carbonyl (C=O) groups excluding carboxylic acids is 3. The van der Waals surface area contributed by atoms with Crippen LogP contribution in [0.25, 0.3) is 0 Å². The van der Waals surface area contributed by atoms with Crippen molar-refractivity contribution in [2.75, 3.05) is 7.11 Å². The van der Waals surface area contributed by atoms with E-state index in [1.54, 1.807) is 0 Å². The van der Waals surface area contributed by atoms with E-state index in [9.17, 15) is 14.4 Å². The molecule has 1 fully saturated rings. The Morgan fingerprint density at radius 1 is 1.00 bits per heavy atom. The average Bonchev–Trinajstić information content (AvgIpc) is 2.71. The molecule has 0 unspecified atom stereocenters. The van der Waals surface area contributed by atoms with Crippen LogP contribution in [0.1, 0.15) is 63.5 Å². The molecule has 0 aliphatic heterocycles. The Hall–Kier alpha value is -2.37. The Kier molecular flexibility index (Phi) is 8.30. The first-order valence-electron chi connectivity index (χ1n) is 9.72. The van der Waals surface area contributed by atoms with E-state index in [0.29, 0.717) is 0 Å². The molecule has 0 spiro atoms. The number of rotatable bonds is 8. The van der Waals surface area contributed by atoms with Gasteiger partial charge in [-0.15, -0.1) is 0 Å². The molecule has 2 amide bonds. The highest BCUT2D eigenvalue weighted by molar-refractivity contribution is 5.87. The highest BCUT2D eigenvalue weighted by Crippen LogP contribution is 2.27. The maximum absolute atomic E-state index is 12.3. The van der Waals surface area contributed by atoms with Gasteiger partial charge in [0.2, 0.25) is 11.8 Å². The summed E-state index contributed by atoms with van der Waals surface area (Å²) in [6.07, 6.45) is 5.25. The zero-order valence-corrected chi connectivity index (χ0v) is 16.2. The third-order valence-electron chi connectivity index (χ3n) is 5.15. The van der Waals surface area contributed by atoms with E-state index in [0.717, 1.165) is 37.7 Å². The van der Waals surface area contributed by atoms with Crippen LogP contribution in [-0.4, -0.2) is 30.9 Å². The van der Waals surface area contributed by atoms with Gasteiger partial charge in [0.1, 0.15) is 6.04 Å². The quantitative estimate of drug-likeness (QED) is 0.685. The lowest BCUT2D eigenvalue weighted by Gasteiger charge is -2.29. The number of carbonyl (C=O) groups is 3. The summed E-state index contributed by atoms with van der Waals surface area (Å²) in [4.78, 5) is 36.5. The molecule has 1 aliphatic carbocycles. The molecule has 0 aromatic heterocycles. The summed E-state index contributed by atoms with van der Waals surface area (Å²) in [6, 6.07) is 8.92. The number of ether oxygens (including phenoxy) is 1. The topological polar surface area (TPSA) is 84.5 Å². The van der Waals surface area contributed by atoms with Crippen LogP contribution in [0, 0.1) is 5.92 Å². The third kappa shape index (κ3) is 6.70. The number of benzene rings is 1. The Balaban J connectivity index is 1.80. The lowest BCUT2D eigenvalue weighted by molar-refractivity contribution is -0.147. The lowest BCUT2D eigenvalue weighted by Crippen LogP contribution is -2.47. The molecule has 0 bridgehead atoms. The minimum atomic E-state index is -0.617. The molecule has 0 heterocycles. The molecule has 2 atom stereocenters. The molecule has 1 aromatic rings. The molecular formula is C21H30N2O4. The van der Waals surface area contributed by atoms with Gasteiger partial charge in [0.15, 0.2) is 0 Å². The van der Waals surface area contributed by atoms with E-state index in [2.05, 4.69) is 10.6 Å². The summed E-state index contributed by atoms with van der Waals surface area (Å²) in [5.41, 5.74) is 1.01. The molecular weight excluding hydrogens is 344 g/mol. The van der Waals surface area contributed by atoms with E-state index in [1.807, 2.05) is 37.3 Å². The number of hydrogen-bond acceptors (Lipinski definition) is 4. The molecule has 148 valence electrons. The third-order valence-corrected chi connectivity index (χ3v) is 5.15. The van der Waals surface area contributed by atoms with Gasteiger partial charge in [0.05, 0.1) is 13.2 Å². The van der Waals surface area contributed by atoms with Crippen molar-refractivity contribution in [2.24, 2.45) is 5.92 Å². The van der Waals surface area contributed by atoms with Crippen molar-refractivity contribution in [3.05, 3.63) is 35.9 Å². The van der Waals surface area contributed by atoms with Crippen molar-refractivity contribution >= 4 is 17.8 Å². The zero-order chi connectivity index (χ0) is 19.6. The van der Waals surface area contributed by atoms with E-state index in [1.165, 1.54) is 7.11 Å². The van der Waals surface area contributed by atoms with Crippen molar-refractivity contribution in [3.63, 3.8) is 0 Å². The summed E-state index contributed by atoms with van der Waals surface area (Å²) in [7, 11) is 1.34. The Morgan fingerprint density at radius 2 is 1.59 bits per heavy atom. The molecule has 1 aromatic carbocycles. The minimum absolute atomic E-state index is 0.0492. The van der Waals surface area contributed by atoms with Gasteiger partial charge in [-0.05, 0) is 31.2 Å². The van der Waals surface area contributed by atoms with Gasteiger partial charge in [-0.25, -0.2) is 4.79 Å². The Morgan fingerprint density at radius 3 is 2.19 bits per heavy atom. The molecule has 6 heteroatoms. The first-order valence-corrected chi connectivity index (χ1v) is 9.72. The van der Waals surface area contributed by atoms with Crippen molar-refractivity contribution in [2.45, 2.75) is 64.0 Å². The second-order valence-electron chi connectivity index (χ2n) is 7.17. The fraction of sp³-hybridized carbons (Fsp3) is 0.571. The first-order chi connectivity index (χ1) is 13.0. The van der Waals surface area contributed by atoms with Gasteiger partial charge in [-0.1, -0.05) is 49.6 Å². The van der Waals surface area contributed by atoms with Gasteiger partial charge >= 0.3 is 5.97 Å². The largest absolute Gasteiger partial charge is 0.467 e. The van der Waals surface area contributed by atoms with Crippen LogP contribution in [0.2, 0.25) is 0 Å². The lowest BCUT2D eigenvalue weighted by atomic mass is 9.84. The average molecular weight is 374 g/mol. The number of hydrogen-bond donors (Lipinski definition) is 2. The predicted octanol–water partition coefficient (Wildman–Crippen LogP) is 2.88. The van der Waals surface area contributed by atoms with Crippen LogP contribution >= 0.6 is 0 Å². The monoisotopic (exact) mass is 374 g/mol. The van der Waals surface area contributed by atoms with Gasteiger partial charge in [0, 0.05) is 12.8 Å². The summed E-state index contributed by atoms with van der Waals surface area (Å²) in [6.45, 7) is 1.91. The summed E-state index contributed by atoms with van der Waals surface area (Å²) in [5, 5.41) is 5.68. The van der Waals surface area contributed by atoms with Crippen LogP contribution in [-0.2, 0) is 19.1 Å². The van der Waals surface area contributed by atoms with Crippen LogP contribution in [0.15, 0.2) is 30.3 Å². The Labute approximate surface area is 161 Å². The number of esters is 1. The summed E-state index contributed by atoms with van der Waals surface area (Å²) in [5.74, 6) is -0.772. The highest BCUT2D eigenvalue weighted by atomic mass is 16.5. The maximum Gasteiger partial charge on any atom is 0.328 e. The van der Waals surface area contributed by atoms with Crippen molar-refractivity contribution in [3.8, 4) is 0 Å². The number of methoxy groups -OCH3 is 1. The minimum Gasteiger partial charge on any atom is -0.467 e. The van der Waals surface area contributed by atoms with Crippen LogP contribution in [0.4, 0.5) is 0 Å². The molecule has 1 aliphatic rings.